The van der Waals surface area contributed by atoms with Crippen LogP contribution in [0.4, 0.5) is 0 Å². The van der Waals surface area contributed by atoms with Gasteiger partial charge in [-0.05, 0) is 13.8 Å². The lowest BCUT2D eigenvalue weighted by atomic mass is 9.99. The molecule has 1 aromatic rings. The van der Waals surface area contributed by atoms with Gasteiger partial charge in [0, 0.05) is 43.9 Å². The Labute approximate surface area is 114 Å². The number of aryl methyl sites for hydroxylation is 1. The zero-order chi connectivity index (χ0) is 14.0. The molecule has 6 nitrogen and oxygen atoms in total. The smallest absolute Gasteiger partial charge is 0.214 e. The summed E-state index contributed by atoms with van der Waals surface area (Å²) in [5.41, 5.74) is 2.08. The van der Waals surface area contributed by atoms with Crippen molar-refractivity contribution in [3.05, 3.63) is 17.5 Å². The van der Waals surface area contributed by atoms with Gasteiger partial charge >= 0.3 is 0 Å². The molecule has 1 atom stereocenters. The van der Waals surface area contributed by atoms with Crippen molar-refractivity contribution in [3.63, 3.8) is 0 Å². The Morgan fingerprint density at radius 2 is 2.21 bits per heavy atom. The van der Waals surface area contributed by atoms with E-state index in [2.05, 4.69) is 5.10 Å². The van der Waals surface area contributed by atoms with Gasteiger partial charge in [0.25, 0.3) is 0 Å². The van der Waals surface area contributed by atoms with Gasteiger partial charge in [-0.3, -0.25) is 4.68 Å². The molecule has 1 aromatic heterocycles. The maximum atomic E-state index is 12.0. The lowest BCUT2D eigenvalue weighted by Gasteiger charge is -2.32. The topological polar surface area (TPSA) is 64.4 Å². The first-order chi connectivity index (χ1) is 8.99. The van der Waals surface area contributed by atoms with Crippen molar-refractivity contribution in [2.45, 2.75) is 26.3 Å². The van der Waals surface area contributed by atoms with E-state index in [0.29, 0.717) is 26.3 Å². The van der Waals surface area contributed by atoms with Gasteiger partial charge in [-0.25, -0.2) is 8.42 Å². The molecular formula is C12H21N3O3S. The Kier molecular flexibility index (Phi) is 4.27. The molecule has 0 amide bonds. The molecule has 1 aliphatic rings. The van der Waals surface area contributed by atoms with E-state index in [-0.39, 0.29) is 11.7 Å². The minimum absolute atomic E-state index is 0.0533. The largest absolute Gasteiger partial charge is 0.381 e. The van der Waals surface area contributed by atoms with Crippen molar-refractivity contribution in [1.82, 2.24) is 14.1 Å². The molecule has 0 saturated carbocycles. The van der Waals surface area contributed by atoms with Crippen LogP contribution >= 0.6 is 0 Å². The first-order valence-corrected chi connectivity index (χ1v) is 8.16. The van der Waals surface area contributed by atoms with E-state index in [1.165, 1.54) is 0 Å². The summed E-state index contributed by atoms with van der Waals surface area (Å²) in [6.45, 7) is 5.66. The number of hydrogen-bond acceptors (Lipinski definition) is 4. The van der Waals surface area contributed by atoms with Gasteiger partial charge in [-0.2, -0.15) is 9.40 Å². The number of sulfonamides is 1. The average molecular weight is 287 g/mol. The van der Waals surface area contributed by atoms with Crippen LogP contribution in [0.2, 0.25) is 0 Å². The monoisotopic (exact) mass is 287 g/mol. The number of ether oxygens (including phenoxy) is 1. The first-order valence-electron chi connectivity index (χ1n) is 6.56. The molecule has 0 radical (unpaired) electrons. The zero-order valence-electron chi connectivity index (χ0n) is 11.7. The van der Waals surface area contributed by atoms with Crippen LogP contribution in [0.15, 0.2) is 6.20 Å². The third-order valence-electron chi connectivity index (χ3n) is 3.50. The van der Waals surface area contributed by atoms with Crippen molar-refractivity contribution < 1.29 is 13.2 Å². The third kappa shape index (κ3) is 2.82. The molecular weight excluding hydrogens is 266 g/mol. The van der Waals surface area contributed by atoms with E-state index in [9.17, 15) is 8.42 Å². The fourth-order valence-electron chi connectivity index (χ4n) is 2.51. The maximum absolute atomic E-state index is 12.0. The molecule has 0 N–H and O–H groups in total. The predicted octanol–water partition coefficient (Wildman–Crippen LogP) is 0.706. The quantitative estimate of drug-likeness (QED) is 0.800. The molecule has 0 aliphatic carbocycles. The van der Waals surface area contributed by atoms with Gasteiger partial charge in [0.2, 0.25) is 10.0 Å². The van der Waals surface area contributed by atoms with E-state index < -0.39 is 10.0 Å². The number of fused-ring (bicyclic) bond motifs is 1. The van der Waals surface area contributed by atoms with Crippen molar-refractivity contribution in [2.24, 2.45) is 7.05 Å². The van der Waals surface area contributed by atoms with Gasteiger partial charge in [-0.15, -0.1) is 0 Å². The molecule has 0 bridgehead atoms. The average Bonchev–Trinajstić information content (AvgIpc) is 2.78. The standard InChI is InChI=1S/C12H21N3O3S/c1-4-18-9-11-8-15(19(16,17)5-2)7-10-6-13-14(3)12(10)11/h6,11H,4-5,7-9H2,1-3H3/t11-/m0/s1. The van der Waals surface area contributed by atoms with Crippen LogP contribution in [-0.4, -0.2) is 48.0 Å². The summed E-state index contributed by atoms with van der Waals surface area (Å²) in [5.74, 6) is 0.182. The summed E-state index contributed by atoms with van der Waals surface area (Å²) >= 11 is 0. The molecule has 19 heavy (non-hydrogen) atoms. The molecule has 2 rings (SSSR count). The van der Waals surface area contributed by atoms with Gasteiger partial charge in [0.15, 0.2) is 0 Å². The minimum atomic E-state index is -3.17. The Morgan fingerprint density at radius 1 is 1.47 bits per heavy atom. The zero-order valence-corrected chi connectivity index (χ0v) is 12.5. The number of nitrogens with zero attached hydrogens (tertiary/aromatic N) is 3. The molecule has 0 saturated heterocycles. The Morgan fingerprint density at radius 3 is 2.84 bits per heavy atom. The summed E-state index contributed by atoms with van der Waals surface area (Å²) in [7, 11) is -1.28. The Bertz CT molecular complexity index is 538. The molecule has 0 fully saturated rings. The number of aromatic nitrogens is 2. The molecule has 1 aliphatic heterocycles. The number of rotatable bonds is 5. The maximum Gasteiger partial charge on any atom is 0.214 e. The molecule has 7 heteroatoms. The predicted molar refractivity (Wildman–Crippen MR) is 72.3 cm³/mol. The van der Waals surface area contributed by atoms with E-state index in [1.54, 1.807) is 17.4 Å². The van der Waals surface area contributed by atoms with Crippen LogP contribution in [0.5, 0.6) is 0 Å². The summed E-state index contributed by atoms with van der Waals surface area (Å²) in [6, 6.07) is 0. The Balaban J connectivity index is 2.30. The van der Waals surface area contributed by atoms with Gasteiger partial charge < -0.3 is 4.74 Å². The Hall–Kier alpha value is -0.920. The lowest BCUT2D eigenvalue weighted by molar-refractivity contribution is 0.119. The van der Waals surface area contributed by atoms with Crippen molar-refractivity contribution >= 4 is 10.0 Å². The molecule has 108 valence electrons. The second-order valence-corrected chi connectivity index (χ2v) is 6.99. The van der Waals surface area contributed by atoms with Gasteiger partial charge in [-0.1, -0.05) is 0 Å². The van der Waals surface area contributed by atoms with Crippen LogP contribution in [0.3, 0.4) is 0 Å². The first kappa shape index (κ1) is 14.5. The fourth-order valence-corrected chi connectivity index (χ4v) is 3.62. The normalized spacial score (nSPS) is 20.5. The lowest BCUT2D eigenvalue weighted by Crippen LogP contribution is -2.40. The van der Waals surface area contributed by atoms with Gasteiger partial charge in [0.1, 0.15) is 0 Å². The van der Waals surface area contributed by atoms with Crippen LogP contribution in [0.25, 0.3) is 0 Å². The van der Waals surface area contributed by atoms with E-state index in [1.807, 2.05) is 18.7 Å². The summed E-state index contributed by atoms with van der Waals surface area (Å²) < 4.78 is 33.0. The summed E-state index contributed by atoms with van der Waals surface area (Å²) in [4.78, 5) is 0. The highest BCUT2D eigenvalue weighted by molar-refractivity contribution is 7.89. The van der Waals surface area contributed by atoms with Crippen LogP contribution < -0.4 is 0 Å². The molecule has 2 heterocycles. The van der Waals surface area contributed by atoms with Crippen LogP contribution in [0, 0.1) is 0 Å². The van der Waals surface area contributed by atoms with Crippen LogP contribution in [0.1, 0.15) is 31.0 Å². The number of hydrogen-bond donors (Lipinski definition) is 0. The summed E-state index contributed by atoms with van der Waals surface area (Å²) in [6.07, 6.45) is 1.76. The van der Waals surface area contributed by atoms with E-state index >= 15 is 0 Å². The van der Waals surface area contributed by atoms with E-state index in [4.69, 9.17) is 4.74 Å². The highest BCUT2D eigenvalue weighted by Crippen LogP contribution is 2.29. The SMILES string of the molecule is CCOC[C@@H]1CN(S(=O)(=O)CC)Cc2cnn(C)c21. The summed E-state index contributed by atoms with van der Waals surface area (Å²) in [5, 5.41) is 4.24. The van der Waals surface area contributed by atoms with Crippen molar-refractivity contribution in [3.8, 4) is 0 Å². The fraction of sp³-hybridized carbons (Fsp3) is 0.750. The van der Waals surface area contributed by atoms with Crippen molar-refractivity contribution in [2.75, 3.05) is 25.5 Å². The molecule has 0 spiro atoms. The van der Waals surface area contributed by atoms with Gasteiger partial charge in [0.05, 0.1) is 18.6 Å². The highest BCUT2D eigenvalue weighted by atomic mass is 32.2. The third-order valence-corrected chi connectivity index (χ3v) is 5.30. The second-order valence-electron chi connectivity index (χ2n) is 4.73. The van der Waals surface area contributed by atoms with Crippen LogP contribution in [-0.2, 0) is 28.4 Å². The second kappa shape index (κ2) is 5.60. The molecule has 0 unspecified atom stereocenters. The van der Waals surface area contributed by atoms with E-state index in [0.717, 1.165) is 11.3 Å². The van der Waals surface area contributed by atoms with Crippen molar-refractivity contribution in [1.29, 1.82) is 0 Å². The minimum Gasteiger partial charge on any atom is -0.381 e. The highest BCUT2D eigenvalue weighted by Gasteiger charge is 2.33. The molecule has 0 aromatic carbocycles.